The van der Waals surface area contributed by atoms with Gasteiger partial charge < -0.3 is 23.7 Å². The minimum absolute atomic E-state index is 0.0709. The van der Waals surface area contributed by atoms with Crippen LogP contribution in [0.15, 0.2) is 46.9 Å². The Morgan fingerprint density at radius 1 is 1.09 bits per heavy atom. The van der Waals surface area contributed by atoms with Crippen LogP contribution in [0.25, 0.3) is 11.5 Å². The van der Waals surface area contributed by atoms with Crippen LogP contribution in [-0.4, -0.2) is 52.7 Å². The summed E-state index contributed by atoms with van der Waals surface area (Å²) in [6.07, 6.45) is 2.00. The van der Waals surface area contributed by atoms with Gasteiger partial charge in [0.25, 0.3) is 0 Å². The van der Waals surface area contributed by atoms with Gasteiger partial charge in [0, 0.05) is 30.8 Å². The number of hydrogen-bond acceptors (Lipinski definition) is 7. The van der Waals surface area contributed by atoms with E-state index >= 15 is 0 Å². The molecule has 9 nitrogen and oxygen atoms in total. The maximum Gasteiger partial charge on any atom is 0.249 e. The molecule has 2 fully saturated rings. The summed E-state index contributed by atoms with van der Waals surface area (Å²) < 4.78 is 17.1. The Hall–Kier alpha value is -3.59. The third-order valence-corrected chi connectivity index (χ3v) is 6.79. The van der Waals surface area contributed by atoms with E-state index < -0.39 is 5.92 Å². The summed E-state index contributed by atoms with van der Waals surface area (Å²) in [5.41, 5.74) is 1.35. The molecule has 35 heavy (non-hydrogen) atoms. The molecule has 180 valence electrons. The number of ether oxygens (including phenoxy) is 2. The van der Waals surface area contributed by atoms with Crippen LogP contribution in [0.4, 0.5) is 5.69 Å². The van der Waals surface area contributed by atoms with Gasteiger partial charge in [-0.2, -0.15) is 0 Å². The standard InChI is InChI=1S/C25H23ClN4O5/c26-19-4-2-1-3-18(19)24-28-27-22(35-24)14-30(16-5-6-16)25(32)15-11-23(31)29(13-15)17-7-8-20-21(12-17)34-10-9-33-20/h1-4,7-8,12,15-16H,5-6,9-11,13-14H2. The number of aromatic nitrogens is 2. The third-order valence-electron chi connectivity index (χ3n) is 6.46. The largest absolute Gasteiger partial charge is 0.486 e. The van der Waals surface area contributed by atoms with E-state index in [-0.39, 0.29) is 30.8 Å². The summed E-state index contributed by atoms with van der Waals surface area (Å²) >= 11 is 6.24. The van der Waals surface area contributed by atoms with Crippen LogP contribution in [0.2, 0.25) is 5.02 Å². The number of amides is 2. The molecule has 0 spiro atoms. The van der Waals surface area contributed by atoms with Crippen LogP contribution < -0.4 is 14.4 Å². The van der Waals surface area contributed by atoms with E-state index in [1.807, 2.05) is 18.2 Å². The highest BCUT2D eigenvalue weighted by Gasteiger charge is 2.42. The molecule has 2 amide bonds. The molecule has 1 atom stereocenters. The highest BCUT2D eigenvalue weighted by molar-refractivity contribution is 6.33. The Balaban J connectivity index is 1.17. The van der Waals surface area contributed by atoms with Crippen molar-refractivity contribution in [3.05, 3.63) is 53.4 Å². The van der Waals surface area contributed by atoms with Gasteiger partial charge in [0.2, 0.25) is 23.6 Å². The van der Waals surface area contributed by atoms with Crippen molar-refractivity contribution < 1.29 is 23.5 Å². The van der Waals surface area contributed by atoms with Gasteiger partial charge in [-0.15, -0.1) is 10.2 Å². The normalized spacial score (nSPS) is 19.2. The lowest BCUT2D eigenvalue weighted by Crippen LogP contribution is -2.38. The topological polar surface area (TPSA) is 98.0 Å². The van der Waals surface area contributed by atoms with Gasteiger partial charge in [0.15, 0.2) is 11.5 Å². The number of carbonyl (C=O) groups excluding carboxylic acids is 2. The second-order valence-corrected chi connectivity index (χ2v) is 9.32. The van der Waals surface area contributed by atoms with Gasteiger partial charge >= 0.3 is 0 Å². The first-order valence-electron chi connectivity index (χ1n) is 11.6. The van der Waals surface area contributed by atoms with Crippen LogP contribution in [-0.2, 0) is 16.1 Å². The first kappa shape index (κ1) is 21.9. The van der Waals surface area contributed by atoms with Crippen LogP contribution in [0.3, 0.4) is 0 Å². The lowest BCUT2D eigenvalue weighted by atomic mass is 10.1. The molecule has 0 radical (unpaired) electrons. The molecular formula is C25H23ClN4O5. The minimum Gasteiger partial charge on any atom is -0.486 e. The fraction of sp³-hybridized carbons (Fsp3) is 0.360. The number of carbonyl (C=O) groups is 2. The Morgan fingerprint density at radius 2 is 1.89 bits per heavy atom. The quantitative estimate of drug-likeness (QED) is 0.515. The molecular weight excluding hydrogens is 472 g/mol. The molecule has 2 aliphatic heterocycles. The Labute approximate surface area is 206 Å². The van der Waals surface area contributed by atoms with Gasteiger partial charge in [-0.1, -0.05) is 23.7 Å². The summed E-state index contributed by atoms with van der Waals surface area (Å²) in [6, 6.07) is 12.8. The highest BCUT2D eigenvalue weighted by atomic mass is 35.5. The van der Waals surface area contributed by atoms with Crippen molar-refractivity contribution >= 4 is 29.1 Å². The number of benzene rings is 2. The molecule has 10 heteroatoms. The molecule has 1 aromatic heterocycles. The third kappa shape index (κ3) is 4.32. The van der Waals surface area contributed by atoms with E-state index in [0.717, 1.165) is 12.8 Å². The number of halogens is 1. The average molecular weight is 495 g/mol. The molecule has 1 saturated heterocycles. The van der Waals surface area contributed by atoms with Gasteiger partial charge in [-0.05, 0) is 37.1 Å². The van der Waals surface area contributed by atoms with E-state index in [9.17, 15) is 9.59 Å². The Kier molecular flexibility index (Phi) is 5.56. The van der Waals surface area contributed by atoms with Crippen molar-refractivity contribution in [1.29, 1.82) is 0 Å². The first-order chi connectivity index (χ1) is 17.1. The van der Waals surface area contributed by atoms with Crippen LogP contribution in [0, 0.1) is 5.92 Å². The van der Waals surface area contributed by atoms with E-state index in [0.29, 0.717) is 59.3 Å². The fourth-order valence-electron chi connectivity index (χ4n) is 4.54. The predicted molar refractivity (Wildman–Crippen MR) is 126 cm³/mol. The molecule has 3 aromatic rings. The van der Waals surface area contributed by atoms with E-state index in [1.165, 1.54) is 0 Å². The lowest BCUT2D eigenvalue weighted by molar-refractivity contribution is -0.137. The summed E-state index contributed by atoms with van der Waals surface area (Å²) in [5, 5.41) is 8.77. The van der Waals surface area contributed by atoms with Crippen molar-refractivity contribution in [2.45, 2.75) is 31.8 Å². The maximum atomic E-state index is 13.5. The molecule has 3 heterocycles. The number of anilines is 1. The average Bonchev–Trinajstić information content (AvgIpc) is 3.49. The lowest BCUT2D eigenvalue weighted by Gasteiger charge is -2.25. The highest BCUT2D eigenvalue weighted by Crippen LogP contribution is 2.37. The first-order valence-corrected chi connectivity index (χ1v) is 12.0. The summed E-state index contributed by atoms with van der Waals surface area (Å²) in [6.45, 7) is 1.49. The molecule has 1 aliphatic carbocycles. The van der Waals surface area contributed by atoms with E-state index in [2.05, 4.69) is 10.2 Å². The number of rotatable bonds is 6. The van der Waals surface area contributed by atoms with Crippen LogP contribution in [0.1, 0.15) is 25.2 Å². The molecule has 1 unspecified atom stereocenters. The molecule has 2 aromatic carbocycles. The van der Waals surface area contributed by atoms with Crippen LogP contribution >= 0.6 is 11.6 Å². The van der Waals surface area contributed by atoms with Crippen LogP contribution in [0.5, 0.6) is 11.5 Å². The zero-order valence-electron chi connectivity index (χ0n) is 18.9. The zero-order valence-corrected chi connectivity index (χ0v) is 19.6. The molecule has 0 bridgehead atoms. The van der Waals surface area contributed by atoms with Crippen molar-refractivity contribution in [2.24, 2.45) is 5.92 Å². The minimum atomic E-state index is -0.442. The van der Waals surface area contributed by atoms with Crippen molar-refractivity contribution in [2.75, 3.05) is 24.7 Å². The van der Waals surface area contributed by atoms with E-state index in [1.54, 1.807) is 34.1 Å². The molecule has 0 N–H and O–H groups in total. The second-order valence-electron chi connectivity index (χ2n) is 8.91. The number of nitrogens with zero attached hydrogens (tertiary/aromatic N) is 4. The summed E-state index contributed by atoms with van der Waals surface area (Å²) in [4.78, 5) is 29.8. The summed E-state index contributed by atoms with van der Waals surface area (Å²) in [7, 11) is 0. The van der Waals surface area contributed by atoms with E-state index in [4.69, 9.17) is 25.5 Å². The summed E-state index contributed by atoms with van der Waals surface area (Å²) in [5.74, 6) is 1.33. The van der Waals surface area contributed by atoms with Crippen molar-refractivity contribution in [3.63, 3.8) is 0 Å². The molecule has 6 rings (SSSR count). The monoisotopic (exact) mass is 494 g/mol. The smallest absolute Gasteiger partial charge is 0.249 e. The zero-order chi connectivity index (χ0) is 23.9. The predicted octanol–water partition coefficient (Wildman–Crippen LogP) is 3.71. The Bertz CT molecular complexity index is 1290. The van der Waals surface area contributed by atoms with Gasteiger partial charge in [0.1, 0.15) is 13.2 Å². The van der Waals surface area contributed by atoms with Gasteiger partial charge in [-0.3, -0.25) is 9.59 Å². The van der Waals surface area contributed by atoms with Crippen molar-refractivity contribution in [3.8, 4) is 23.0 Å². The molecule has 3 aliphatic rings. The molecule has 1 saturated carbocycles. The van der Waals surface area contributed by atoms with Crippen molar-refractivity contribution in [1.82, 2.24) is 15.1 Å². The van der Waals surface area contributed by atoms with Gasteiger partial charge in [0.05, 0.1) is 23.0 Å². The SMILES string of the molecule is O=C1CC(C(=O)N(Cc2nnc(-c3ccccc3Cl)o2)C2CC2)CN1c1ccc2c(c1)OCCO2. The maximum absolute atomic E-state index is 13.5. The second kappa shape index (κ2) is 8.88. The fourth-order valence-corrected chi connectivity index (χ4v) is 4.75. The van der Waals surface area contributed by atoms with Gasteiger partial charge in [-0.25, -0.2) is 0 Å². The Morgan fingerprint density at radius 3 is 2.69 bits per heavy atom. The number of hydrogen-bond donors (Lipinski definition) is 0. The number of fused-ring (bicyclic) bond motifs is 1.